The van der Waals surface area contributed by atoms with Gasteiger partial charge in [0.25, 0.3) is 0 Å². The second kappa shape index (κ2) is 3.67. The summed E-state index contributed by atoms with van der Waals surface area (Å²) in [5, 5.41) is 1.68. The van der Waals surface area contributed by atoms with Gasteiger partial charge >= 0.3 is 0 Å². The minimum atomic E-state index is 0.469. The summed E-state index contributed by atoms with van der Waals surface area (Å²) in [4.78, 5) is 12.1. The van der Waals surface area contributed by atoms with Crippen LogP contribution in [0.15, 0.2) is 35.0 Å². The second-order valence-corrected chi connectivity index (χ2v) is 3.69. The van der Waals surface area contributed by atoms with Gasteiger partial charge in [0, 0.05) is 25.5 Å². The van der Waals surface area contributed by atoms with E-state index >= 15 is 0 Å². The fraction of sp³-hybridized carbons (Fsp3) is 0.125. The van der Waals surface area contributed by atoms with E-state index < -0.39 is 0 Å². The van der Waals surface area contributed by atoms with Crippen molar-refractivity contribution in [3.8, 4) is 0 Å². The van der Waals surface area contributed by atoms with Crippen LogP contribution >= 0.6 is 11.8 Å². The number of imidazole rings is 1. The van der Waals surface area contributed by atoms with Crippen molar-refractivity contribution in [2.75, 3.05) is 5.73 Å². The Labute approximate surface area is 85.4 Å². The quantitative estimate of drug-likeness (QED) is 0.742. The Morgan fingerprint density at radius 2 is 2.21 bits per heavy atom. The first-order valence-electron chi connectivity index (χ1n) is 3.98. The van der Waals surface area contributed by atoms with E-state index in [0.717, 1.165) is 10.2 Å². The number of anilines is 1. The molecule has 0 unspecified atom stereocenters. The second-order valence-electron chi connectivity index (χ2n) is 2.70. The molecule has 0 spiro atoms. The van der Waals surface area contributed by atoms with E-state index in [-0.39, 0.29) is 0 Å². The first-order chi connectivity index (χ1) is 6.75. The summed E-state index contributed by atoms with van der Waals surface area (Å²) < 4.78 is 1.92. The zero-order chi connectivity index (χ0) is 9.97. The Bertz CT molecular complexity index is 439. The number of rotatable bonds is 2. The lowest BCUT2D eigenvalue weighted by molar-refractivity contribution is 0.788. The van der Waals surface area contributed by atoms with Crippen LogP contribution in [0.2, 0.25) is 0 Å². The molecular weight excluding hydrogens is 198 g/mol. The van der Waals surface area contributed by atoms with Gasteiger partial charge in [-0.3, -0.25) is 0 Å². The molecule has 0 aliphatic heterocycles. The summed E-state index contributed by atoms with van der Waals surface area (Å²) in [6.07, 6.45) is 5.07. The van der Waals surface area contributed by atoms with Gasteiger partial charge in [-0.25, -0.2) is 15.0 Å². The molecule has 0 fully saturated rings. The van der Waals surface area contributed by atoms with Gasteiger partial charge in [0.15, 0.2) is 5.16 Å². The number of nitrogens with zero attached hydrogens (tertiary/aromatic N) is 4. The summed E-state index contributed by atoms with van der Waals surface area (Å²) in [6.45, 7) is 0. The van der Waals surface area contributed by atoms with E-state index in [0.29, 0.717) is 5.82 Å². The summed E-state index contributed by atoms with van der Waals surface area (Å²) in [7, 11) is 1.93. The van der Waals surface area contributed by atoms with Crippen molar-refractivity contribution in [3.63, 3.8) is 0 Å². The lowest BCUT2D eigenvalue weighted by atomic mass is 10.6. The highest BCUT2D eigenvalue weighted by molar-refractivity contribution is 7.99. The zero-order valence-corrected chi connectivity index (χ0v) is 8.40. The molecular formula is C8H9N5S. The molecule has 2 aromatic rings. The molecule has 2 rings (SSSR count). The maximum Gasteiger partial charge on any atom is 0.174 e. The van der Waals surface area contributed by atoms with Gasteiger partial charge in [0.2, 0.25) is 0 Å². The van der Waals surface area contributed by atoms with Crippen LogP contribution in [0.25, 0.3) is 0 Å². The van der Waals surface area contributed by atoms with Crippen LogP contribution in [0.5, 0.6) is 0 Å². The minimum Gasteiger partial charge on any atom is -0.384 e. The maximum atomic E-state index is 5.53. The topological polar surface area (TPSA) is 69.6 Å². The van der Waals surface area contributed by atoms with E-state index in [4.69, 9.17) is 5.73 Å². The van der Waals surface area contributed by atoms with E-state index in [1.807, 2.05) is 17.8 Å². The van der Waals surface area contributed by atoms with Crippen LogP contribution in [0.1, 0.15) is 0 Å². The van der Waals surface area contributed by atoms with Crippen molar-refractivity contribution in [1.29, 1.82) is 0 Å². The van der Waals surface area contributed by atoms with Gasteiger partial charge in [-0.05, 0) is 11.8 Å². The summed E-state index contributed by atoms with van der Waals surface area (Å²) in [5.74, 6) is 0.469. The number of nitrogen functional groups attached to an aromatic ring is 1. The SMILES string of the molecule is Cn1ccnc1Sc1cc(N)ncn1. The van der Waals surface area contributed by atoms with Gasteiger partial charge in [0.05, 0.1) is 0 Å². The molecule has 2 N–H and O–H groups in total. The van der Waals surface area contributed by atoms with Gasteiger partial charge in [0.1, 0.15) is 17.2 Å². The molecule has 6 heteroatoms. The maximum absolute atomic E-state index is 5.53. The third kappa shape index (κ3) is 1.85. The first kappa shape index (κ1) is 9.01. The average Bonchev–Trinajstić information content (AvgIpc) is 2.52. The van der Waals surface area contributed by atoms with Gasteiger partial charge < -0.3 is 10.3 Å². The Morgan fingerprint density at radius 3 is 2.86 bits per heavy atom. The molecule has 2 heterocycles. The van der Waals surface area contributed by atoms with Crippen molar-refractivity contribution in [1.82, 2.24) is 19.5 Å². The lowest BCUT2D eigenvalue weighted by Gasteiger charge is -2.00. The first-order valence-corrected chi connectivity index (χ1v) is 4.80. The van der Waals surface area contributed by atoms with E-state index in [9.17, 15) is 0 Å². The van der Waals surface area contributed by atoms with Crippen molar-refractivity contribution < 1.29 is 0 Å². The Kier molecular flexibility index (Phi) is 2.36. The van der Waals surface area contributed by atoms with E-state index in [1.165, 1.54) is 18.1 Å². The predicted octanol–water partition coefficient (Wildman–Crippen LogP) is 0.943. The molecule has 0 aliphatic carbocycles. The largest absolute Gasteiger partial charge is 0.384 e. The monoisotopic (exact) mass is 207 g/mol. The van der Waals surface area contributed by atoms with Crippen LogP contribution in [0, 0.1) is 0 Å². The van der Waals surface area contributed by atoms with Gasteiger partial charge in [-0.15, -0.1) is 0 Å². The Morgan fingerprint density at radius 1 is 1.36 bits per heavy atom. The van der Waals surface area contributed by atoms with Gasteiger partial charge in [-0.1, -0.05) is 0 Å². The van der Waals surface area contributed by atoms with E-state index in [2.05, 4.69) is 15.0 Å². The molecule has 14 heavy (non-hydrogen) atoms. The molecule has 0 aliphatic rings. The molecule has 0 aromatic carbocycles. The highest BCUT2D eigenvalue weighted by atomic mass is 32.2. The molecule has 0 amide bonds. The fourth-order valence-corrected chi connectivity index (χ4v) is 1.74. The standard InChI is InChI=1S/C8H9N5S/c1-13-3-2-10-8(13)14-7-4-6(9)11-5-12-7/h2-5H,1H3,(H2,9,11,12). The number of nitrogens with two attached hydrogens (primary N) is 1. The summed E-state index contributed by atoms with van der Waals surface area (Å²) in [6, 6.07) is 1.72. The molecule has 0 bridgehead atoms. The van der Waals surface area contributed by atoms with Crippen molar-refractivity contribution >= 4 is 17.6 Å². The predicted molar refractivity (Wildman–Crippen MR) is 53.8 cm³/mol. The molecule has 0 atom stereocenters. The highest BCUT2D eigenvalue weighted by Gasteiger charge is 2.03. The molecule has 0 saturated heterocycles. The third-order valence-corrected chi connectivity index (χ3v) is 2.64. The number of aryl methyl sites for hydroxylation is 1. The highest BCUT2D eigenvalue weighted by Crippen LogP contribution is 2.23. The number of aromatic nitrogens is 4. The molecule has 72 valence electrons. The molecule has 5 nitrogen and oxygen atoms in total. The summed E-state index contributed by atoms with van der Waals surface area (Å²) >= 11 is 1.46. The molecule has 2 aromatic heterocycles. The van der Waals surface area contributed by atoms with Crippen LogP contribution in [-0.2, 0) is 7.05 Å². The number of hydrogen-bond acceptors (Lipinski definition) is 5. The Hall–Kier alpha value is -1.56. The van der Waals surface area contributed by atoms with Crippen molar-refractivity contribution in [2.45, 2.75) is 10.2 Å². The van der Waals surface area contributed by atoms with Crippen LogP contribution in [0.4, 0.5) is 5.82 Å². The fourth-order valence-electron chi connectivity index (χ4n) is 0.953. The summed E-state index contributed by atoms with van der Waals surface area (Å²) in [5.41, 5.74) is 5.53. The average molecular weight is 207 g/mol. The van der Waals surface area contributed by atoms with E-state index in [1.54, 1.807) is 12.3 Å². The molecule has 0 radical (unpaired) electrons. The van der Waals surface area contributed by atoms with Crippen LogP contribution in [-0.4, -0.2) is 19.5 Å². The third-order valence-electron chi connectivity index (χ3n) is 1.64. The van der Waals surface area contributed by atoms with Crippen LogP contribution < -0.4 is 5.73 Å². The minimum absolute atomic E-state index is 0.469. The molecule has 0 saturated carbocycles. The zero-order valence-electron chi connectivity index (χ0n) is 7.58. The van der Waals surface area contributed by atoms with Crippen LogP contribution in [0.3, 0.4) is 0 Å². The van der Waals surface area contributed by atoms with Gasteiger partial charge in [-0.2, -0.15) is 0 Å². The lowest BCUT2D eigenvalue weighted by Crippen LogP contribution is -1.93. The Balaban J connectivity index is 2.23. The smallest absolute Gasteiger partial charge is 0.174 e. The van der Waals surface area contributed by atoms with Crippen molar-refractivity contribution in [3.05, 3.63) is 24.8 Å². The normalized spacial score (nSPS) is 10.4. The van der Waals surface area contributed by atoms with Crippen molar-refractivity contribution in [2.24, 2.45) is 7.05 Å². The number of hydrogen-bond donors (Lipinski definition) is 1.